The number of nitrogens with one attached hydrogen (secondary N) is 9. The summed E-state index contributed by atoms with van der Waals surface area (Å²) in [5.74, 6) is -7.48. The topological polar surface area (TPSA) is 461 Å². The van der Waals surface area contributed by atoms with Crippen LogP contribution in [0.2, 0.25) is 0 Å². The number of nitrogens with zero attached hydrogens (tertiary/aromatic N) is 2. The van der Waals surface area contributed by atoms with Crippen molar-refractivity contribution in [2.45, 2.75) is 133 Å². The second-order valence-corrected chi connectivity index (χ2v) is 18.3. The van der Waals surface area contributed by atoms with Gasteiger partial charge in [-0.05, 0) is 75.0 Å². The maximum atomic E-state index is 14.0. The van der Waals surface area contributed by atoms with Crippen molar-refractivity contribution in [2.75, 3.05) is 26.2 Å². The van der Waals surface area contributed by atoms with Crippen molar-refractivity contribution >= 4 is 76.0 Å². The molecule has 2 aromatic carbocycles. The number of aliphatic hydroxyl groups excluding tert-OH is 1. The van der Waals surface area contributed by atoms with Crippen LogP contribution in [-0.4, -0.2) is 149 Å². The minimum absolute atomic E-state index is 0.0348. The number of hydrogen-bond acceptors (Lipinski definition) is 13. The first-order chi connectivity index (χ1) is 36.6. The number of rotatable bonds is 36. The number of H-pyrrole nitrogens is 1. The van der Waals surface area contributed by atoms with E-state index in [-0.39, 0.29) is 95.9 Å². The van der Waals surface area contributed by atoms with Crippen LogP contribution in [0.25, 0.3) is 10.9 Å². The van der Waals surface area contributed by atoms with E-state index in [0.717, 1.165) is 16.5 Å². The highest BCUT2D eigenvalue weighted by Gasteiger charge is 2.33. The van der Waals surface area contributed by atoms with E-state index < -0.39 is 102 Å². The molecule has 1 heterocycles. The highest BCUT2D eigenvalue weighted by Crippen LogP contribution is 2.20. The first-order valence-electron chi connectivity index (χ1n) is 25.3. The van der Waals surface area contributed by atoms with Crippen LogP contribution in [0.15, 0.2) is 70.8 Å². The van der Waals surface area contributed by atoms with Gasteiger partial charge < -0.3 is 81.1 Å². The van der Waals surface area contributed by atoms with E-state index >= 15 is 0 Å². The lowest BCUT2D eigenvalue weighted by Gasteiger charge is -2.28. The predicted molar refractivity (Wildman–Crippen MR) is 286 cm³/mol. The van der Waals surface area contributed by atoms with Gasteiger partial charge in [0.1, 0.15) is 36.4 Å². The summed E-state index contributed by atoms with van der Waals surface area (Å²) < 4.78 is 0. The summed E-state index contributed by atoms with van der Waals surface area (Å²) in [7, 11) is 0. The Morgan fingerprint density at radius 1 is 0.597 bits per heavy atom. The molecular weight excluding hydrogens is 1000 g/mol. The number of aromatic nitrogens is 1. The van der Waals surface area contributed by atoms with E-state index in [2.05, 4.69) is 57.5 Å². The summed E-state index contributed by atoms with van der Waals surface area (Å²) in [6.07, 6.45) is 0.602. The van der Waals surface area contributed by atoms with Crippen molar-refractivity contribution in [2.24, 2.45) is 38.7 Å². The minimum Gasteiger partial charge on any atom is -0.480 e. The van der Waals surface area contributed by atoms with Crippen molar-refractivity contribution in [1.82, 2.24) is 47.5 Å². The maximum Gasteiger partial charge on any atom is 0.326 e. The molecule has 77 heavy (non-hydrogen) atoms. The molecule has 3 aromatic rings. The fraction of sp³-hybridized carbons (Fsp3) is 0.500. The minimum atomic E-state index is -1.59. The summed E-state index contributed by atoms with van der Waals surface area (Å²) in [6, 6.07) is 8.86. The molecule has 0 aliphatic heterocycles. The van der Waals surface area contributed by atoms with Crippen LogP contribution < -0.4 is 71.2 Å². The van der Waals surface area contributed by atoms with E-state index in [1.54, 1.807) is 12.3 Å². The number of carboxylic acids is 1. The number of aliphatic imine (C=N–C) groups is 2. The highest BCUT2D eigenvalue weighted by molar-refractivity contribution is 5.96. The number of aliphatic hydroxyl groups is 1. The predicted octanol–water partition coefficient (Wildman–Crippen LogP) is -3.06. The third-order valence-electron chi connectivity index (χ3n) is 11.9. The highest BCUT2D eigenvalue weighted by atomic mass is 16.4. The van der Waals surface area contributed by atoms with Gasteiger partial charge in [0.15, 0.2) is 11.9 Å². The van der Waals surface area contributed by atoms with E-state index in [4.69, 9.17) is 28.7 Å². The molecule has 21 N–H and O–H groups in total. The summed E-state index contributed by atoms with van der Waals surface area (Å²) in [6.45, 7) is 2.92. The van der Waals surface area contributed by atoms with Crippen molar-refractivity contribution in [3.63, 3.8) is 0 Å². The SMILES string of the molecule is CC(=O)N[C@@H](CCCN=C(N)N)C(=O)NC(Cc1c[nH]c2ccccc12)C(=O)NC(CCCCNC(=O)C[C@H](NC(=O)[C@H](CCCN=C(N)N)NC(C)=O)C(=O)N[C@@H](CCC(N)=O)C(O)NCCc1ccccc1)C(=O)O. The summed E-state index contributed by atoms with van der Waals surface area (Å²) >= 11 is 0. The normalized spacial score (nSPS) is 13.6. The Morgan fingerprint density at radius 2 is 1.13 bits per heavy atom. The van der Waals surface area contributed by atoms with Crippen LogP contribution in [0.4, 0.5) is 0 Å². The molecule has 3 rings (SSSR count). The van der Waals surface area contributed by atoms with Crippen molar-refractivity contribution < 1.29 is 53.4 Å². The zero-order valence-corrected chi connectivity index (χ0v) is 43.5. The number of carboxylic acid groups (broad SMARTS) is 1. The molecule has 7 atom stereocenters. The van der Waals surface area contributed by atoms with Crippen LogP contribution in [0.5, 0.6) is 0 Å². The third kappa shape index (κ3) is 24.7. The van der Waals surface area contributed by atoms with Gasteiger partial charge in [0, 0.05) is 70.0 Å². The molecule has 0 radical (unpaired) electrons. The fourth-order valence-corrected chi connectivity index (χ4v) is 8.05. The molecular formula is C50H76N16O11. The Balaban J connectivity index is 1.74. The van der Waals surface area contributed by atoms with Gasteiger partial charge in [-0.1, -0.05) is 48.5 Å². The largest absolute Gasteiger partial charge is 0.480 e. The number of primary amides is 1. The van der Waals surface area contributed by atoms with E-state index in [0.29, 0.717) is 18.4 Å². The molecule has 422 valence electrons. The fourth-order valence-electron chi connectivity index (χ4n) is 8.05. The molecule has 3 unspecified atom stereocenters. The summed E-state index contributed by atoms with van der Waals surface area (Å²) in [4.78, 5) is 128. The summed E-state index contributed by atoms with van der Waals surface area (Å²) in [5, 5.41) is 43.1. The van der Waals surface area contributed by atoms with Crippen molar-refractivity contribution in [3.8, 4) is 0 Å². The number of nitrogens with two attached hydrogens (primary N) is 5. The smallest absolute Gasteiger partial charge is 0.326 e. The van der Waals surface area contributed by atoms with Crippen molar-refractivity contribution in [1.29, 1.82) is 0 Å². The number of fused-ring (bicyclic) bond motifs is 1. The maximum absolute atomic E-state index is 14.0. The van der Waals surface area contributed by atoms with Crippen LogP contribution in [-0.2, 0) is 56.0 Å². The van der Waals surface area contributed by atoms with Gasteiger partial charge in [0.25, 0.3) is 0 Å². The lowest BCUT2D eigenvalue weighted by Crippen LogP contribution is -2.58. The Labute approximate surface area is 445 Å². The molecule has 0 saturated heterocycles. The number of amides is 8. The monoisotopic (exact) mass is 1080 g/mol. The van der Waals surface area contributed by atoms with Crippen LogP contribution >= 0.6 is 0 Å². The van der Waals surface area contributed by atoms with E-state index in [1.807, 2.05) is 48.5 Å². The number of carbonyl (C=O) groups excluding carboxylic acids is 8. The molecule has 0 fully saturated rings. The van der Waals surface area contributed by atoms with Gasteiger partial charge in [0.2, 0.25) is 47.3 Å². The summed E-state index contributed by atoms with van der Waals surface area (Å²) in [5.41, 5.74) is 29.4. The molecule has 0 aliphatic carbocycles. The van der Waals surface area contributed by atoms with Gasteiger partial charge in [-0.15, -0.1) is 0 Å². The lowest BCUT2D eigenvalue weighted by atomic mass is 10.0. The number of guanidine groups is 2. The molecule has 0 saturated carbocycles. The molecule has 27 nitrogen and oxygen atoms in total. The Kier molecular flexibility index (Phi) is 27.4. The van der Waals surface area contributed by atoms with Crippen LogP contribution in [0.1, 0.15) is 89.2 Å². The average Bonchev–Trinajstić information content (AvgIpc) is 3.78. The van der Waals surface area contributed by atoms with Crippen LogP contribution in [0, 0.1) is 0 Å². The molecule has 0 aliphatic rings. The number of aliphatic carboxylic acids is 1. The quantitative estimate of drug-likeness (QED) is 0.0119. The van der Waals surface area contributed by atoms with Gasteiger partial charge in [-0.3, -0.25) is 53.7 Å². The van der Waals surface area contributed by atoms with Gasteiger partial charge >= 0.3 is 5.97 Å². The third-order valence-corrected chi connectivity index (χ3v) is 11.9. The Hall–Kier alpha value is -8.33. The number of unbranched alkanes of at least 4 members (excludes halogenated alkanes) is 1. The molecule has 0 spiro atoms. The first kappa shape index (κ1) is 63.0. The van der Waals surface area contributed by atoms with Crippen LogP contribution in [0.3, 0.4) is 0 Å². The van der Waals surface area contributed by atoms with E-state index in [1.165, 1.54) is 13.8 Å². The number of benzene rings is 2. The number of carbonyl (C=O) groups is 9. The second kappa shape index (κ2) is 33.6. The average molecular weight is 1080 g/mol. The first-order valence-corrected chi connectivity index (χ1v) is 25.3. The molecule has 1 aromatic heterocycles. The zero-order valence-electron chi connectivity index (χ0n) is 43.5. The standard InChI is InChI=1S/C50H76N16O11/c1-29(67)61-35(17-10-23-58-49(52)53)44(72)65-39(26-32-28-60-34-15-7-6-14-33(32)34)46(74)64-38(48(76)77)16-8-9-22-56-42(70)27-40(66-45(73)36(62-30(2)68)18-11-24-59-50(54)55)47(75)63-37(19-20-41(51)69)43(71)57-25-21-31-12-4-3-5-13-31/h3-7,12-15,28,35-40,43,57,60,71H,8-11,16-27H2,1-2H3,(H2,51,69)(H,56,70)(H,61,67)(H,62,68)(H,63,75)(H,64,74)(H,65,72)(H,66,73)(H,76,77)(H4,52,53,58)(H4,54,55,59)/t35-,36-,37-,38?,39?,40-,43?/m0/s1. The van der Waals surface area contributed by atoms with Gasteiger partial charge in [-0.25, -0.2) is 4.79 Å². The molecule has 8 amide bonds. The molecule has 27 heteroatoms. The zero-order chi connectivity index (χ0) is 56.9. The lowest BCUT2D eigenvalue weighted by molar-refractivity contribution is -0.142. The van der Waals surface area contributed by atoms with E-state index in [9.17, 15) is 53.4 Å². The van der Waals surface area contributed by atoms with Gasteiger partial charge in [-0.2, -0.15) is 0 Å². The number of aromatic amines is 1. The number of para-hydroxylation sites is 1. The second-order valence-electron chi connectivity index (χ2n) is 18.3. The number of hydrogen-bond donors (Lipinski definition) is 16. The Morgan fingerprint density at radius 3 is 1.70 bits per heavy atom. The Bertz CT molecular complexity index is 2500. The van der Waals surface area contributed by atoms with Crippen molar-refractivity contribution in [3.05, 3.63) is 71.9 Å². The van der Waals surface area contributed by atoms with Gasteiger partial charge in [0.05, 0.1) is 12.5 Å². The molecule has 0 bridgehead atoms.